The van der Waals surface area contributed by atoms with Crippen molar-refractivity contribution in [3.05, 3.63) is 6.17 Å². The predicted octanol–water partition coefficient (Wildman–Crippen LogP) is 2.03. The highest BCUT2D eigenvalue weighted by Crippen LogP contribution is 2.27. The Hall–Kier alpha value is -0.0800. The van der Waals surface area contributed by atoms with Crippen LogP contribution in [0.2, 0.25) is 0 Å². The molecule has 2 heteroatoms. The standard InChI is InChI=1S/C11H21N2/c1-2-4-6-10(7-5-3-1)11-12-8-9-13-11/h10,12-13H,1-9H2. The summed E-state index contributed by atoms with van der Waals surface area (Å²) in [6, 6.07) is 0. The fourth-order valence-electron chi connectivity index (χ4n) is 2.49. The van der Waals surface area contributed by atoms with E-state index in [1.807, 2.05) is 0 Å². The lowest BCUT2D eigenvalue weighted by atomic mass is 9.89. The van der Waals surface area contributed by atoms with Gasteiger partial charge in [-0.1, -0.05) is 32.1 Å². The molecule has 0 aromatic heterocycles. The summed E-state index contributed by atoms with van der Waals surface area (Å²) in [5.41, 5.74) is 0. The van der Waals surface area contributed by atoms with Gasteiger partial charge in [0, 0.05) is 13.1 Å². The van der Waals surface area contributed by atoms with Gasteiger partial charge in [-0.25, -0.2) is 0 Å². The molecule has 75 valence electrons. The van der Waals surface area contributed by atoms with Crippen molar-refractivity contribution in [2.45, 2.75) is 44.9 Å². The average molecular weight is 181 g/mol. The third kappa shape index (κ3) is 2.68. The molecule has 2 nitrogen and oxygen atoms in total. The van der Waals surface area contributed by atoms with Crippen LogP contribution in [-0.2, 0) is 0 Å². The fourth-order valence-corrected chi connectivity index (χ4v) is 2.49. The van der Waals surface area contributed by atoms with E-state index < -0.39 is 0 Å². The van der Waals surface area contributed by atoms with Gasteiger partial charge in [0.05, 0.1) is 0 Å². The summed E-state index contributed by atoms with van der Waals surface area (Å²) in [4.78, 5) is 0. The molecular formula is C11H21N2. The van der Waals surface area contributed by atoms with Crippen LogP contribution >= 0.6 is 0 Å². The molecule has 0 spiro atoms. The maximum atomic E-state index is 3.48. The van der Waals surface area contributed by atoms with Crippen LogP contribution in [0.3, 0.4) is 0 Å². The molecule has 0 aromatic carbocycles. The maximum Gasteiger partial charge on any atom is 0.104 e. The average Bonchev–Trinajstić information content (AvgIpc) is 2.55. The fraction of sp³-hybridized carbons (Fsp3) is 0.909. The lowest BCUT2D eigenvalue weighted by molar-refractivity contribution is 0.358. The highest BCUT2D eigenvalue weighted by atomic mass is 15.2. The van der Waals surface area contributed by atoms with Crippen LogP contribution in [0.15, 0.2) is 0 Å². The monoisotopic (exact) mass is 181 g/mol. The van der Waals surface area contributed by atoms with E-state index >= 15 is 0 Å². The molecule has 0 amide bonds. The molecule has 0 aromatic rings. The first-order chi connectivity index (χ1) is 6.47. The molecule has 1 aliphatic heterocycles. The quantitative estimate of drug-likeness (QED) is 0.647. The van der Waals surface area contributed by atoms with Gasteiger partial charge in [-0.3, -0.25) is 10.6 Å². The molecule has 1 aliphatic carbocycles. The second kappa shape index (κ2) is 4.97. The zero-order valence-corrected chi connectivity index (χ0v) is 8.44. The van der Waals surface area contributed by atoms with Crippen LogP contribution in [0.25, 0.3) is 0 Å². The molecule has 2 N–H and O–H groups in total. The Morgan fingerprint density at radius 3 is 1.92 bits per heavy atom. The van der Waals surface area contributed by atoms with Crippen molar-refractivity contribution in [3.8, 4) is 0 Å². The van der Waals surface area contributed by atoms with Gasteiger partial charge in [-0.15, -0.1) is 0 Å². The van der Waals surface area contributed by atoms with Gasteiger partial charge in [0.15, 0.2) is 0 Å². The molecule has 13 heavy (non-hydrogen) atoms. The predicted molar refractivity (Wildman–Crippen MR) is 55.1 cm³/mol. The minimum Gasteiger partial charge on any atom is -0.295 e. The van der Waals surface area contributed by atoms with E-state index in [0.717, 1.165) is 19.0 Å². The van der Waals surface area contributed by atoms with Gasteiger partial charge in [0.1, 0.15) is 6.17 Å². The van der Waals surface area contributed by atoms with E-state index in [2.05, 4.69) is 10.6 Å². The van der Waals surface area contributed by atoms with E-state index in [9.17, 15) is 0 Å². The summed E-state index contributed by atoms with van der Waals surface area (Å²) >= 11 is 0. The van der Waals surface area contributed by atoms with Crippen LogP contribution in [-0.4, -0.2) is 13.1 Å². The summed E-state index contributed by atoms with van der Waals surface area (Å²) in [5, 5.41) is 6.96. The summed E-state index contributed by atoms with van der Waals surface area (Å²) in [5.74, 6) is 0.822. The molecule has 2 rings (SSSR count). The Kier molecular flexibility index (Phi) is 3.62. The van der Waals surface area contributed by atoms with Crippen molar-refractivity contribution >= 4 is 0 Å². The smallest absolute Gasteiger partial charge is 0.104 e. The molecule has 0 atom stereocenters. The van der Waals surface area contributed by atoms with Crippen LogP contribution in [0.4, 0.5) is 0 Å². The molecule has 1 heterocycles. The van der Waals surface area contributed by atoms with Crippen molar-refractivity contribution in [1.82, 2.24) is 10.6 Å². The van der Waals surface area contributed by atoms with Crippen molar-refractivity contribution in [1.29, 1.82) is 0 Å². The zero-order chi connectivity index (χ0) is 8.93. The summed E-state index contributed by atoms with van der Waals surface area (Å²) in [6.45, 7) is 2.26. The van der Waals surface area contributed by atoms with E-state index in [0.29, 0.717) is 0 Å². The molecule has 0 unspecified atom stereocenters. The molecule has 2 aliphatic rings. The summed E-state index contributed by atoms with van der Waals surface area (Å²) < 4.78 is 0. The highest BCUT2D eigenvalue weighted by molar-refractivity contribution is 4.96. The zero-order valence-electron chi connectivity index (χ0n) is 8.44. The van der Waals surface area contributed by atoms with Gasteiger partial charge in [0.2, 0.25) is 0 Å². The largest absolute Gasteiger partial charge is 0.295 e. The Labute approximate surface area is 81.5 Å². The Morgan fingerprint density at radius 2 is 1.31 bits per heavy atom. The number of rotatable bonds is 1. The van der Waals surface area contributed by atoms with E-state index in [1.165, 1.54) is 51.1 Å². The Morgan fingerprint density at radius 1 is 0.769 bits per heavy atom. The number of hydrogen-bond donors (Lipinski definition) is 2. The van der Waals surface area contributed by atoms with Gasteiger partial charge in [0.25, 0.3) is 0 Å². The van der Waals surface area contributed by atoms with E-state index in [1.54, 1.807) is 0 Å². The van der Waals surface area contributed by atoms with Crippen LogP contribution < -0.4 is 10.6 Å². The minimum atomic E-state index is 0.822. The second-order valence-electron chi connectivity index (χ2n) is 4.31. The number of nitrogens with one attached hydrogen (secondary N) is 2. The number of hydrogen-bond acceptors (Lipinski definition) is 2. The van der Waals surface area contributed by atoms with Crippen LogP contribution in [0, 0.1) is 12.1 Å². The topological polar surface area (TPSA) is 24.1 Å². The summed E-state index contributed by atoms with van der Waals surface area (Å²) in [7, 11) is 0. The third-order valence-electron chi connectivity index (χ3n) is 3.27. The van der Waals surface area contributed by atoms with Crippen LogP contribution in [0.1, 0.15) is 44.9 Å². The van der Waals surface area contributed by atoms with Crippen molar-refractivity contribution in [2.24, 2.45) is 5.92 Å². The lowest BCUT2D eigenvalue weighted by Crippen LogP contribution is -2.30. The SMILES string of the molecule is C1CCCC([C]2NCCN2)CCC1. The Bertz CT molecular complexity index is 133. The van der Waals surface area contributed by atoms with Gasteiger partial charge < -0.3 is 0 Å². The first-order valence-corrected chi connectivity index (χ1v) is 5.81. The molecule has 1 saturated carbocycles. The lowest BCUT2D eigenvalue weighted by Gasteiger charge is -2.24. The van der Waals surface area contributed by atoms with Crippen molar-refractivity contribution in [3.63, 3.8) is 0 Å². The second-order valence-corrected chi connectivity index (χ2v) is 4.31. The van der Waals surface area contributed by atoms with Crippen molar-refractivity contribution < 1.29 is 0 Å². The van der Waals surface area contributed by atoms with E-state index in [-0.39, 0.29) is 0 Å². The first-order valence-electron chi connectivity index (χ1n) is 5.81. The molecule has 2 fully saturated rings. The molecular weight excluding hydrogens is 160 g/mol. The highest BCUT2D eigenvalue weighted by Gasteiger charge is 2.24. The normalized spacial score (nSPS) is 28.6. The van der Waals surface area contributed by atoms with Gasteiger partial charge >= 0.3 is 0 Å². The maximum absolute atomic E-state index is 3.48. The van der Waals surface area contributed by atoms with Gasteiger partial charge in [-0.2, -0.15) is 0 Å². The summed E-state index contributed by atoms with van der Waals surface area (Å²) in [6.07, 6.45) is 11.5. The Balaban J connectivity index is 1.80. The van der Waals surface area contributed by atoms with Crippen LogP contribution in [0.5, 0.6) is 0 Å². The molecule has 1 radical (unpaired) electrons. The van der Waals surface area contributed by atoms with E-state index in [4.69, 9.17) is 0 Å². The molecule has 0 bridgehead atoms. The van der Waals surface area contributed by atoms with Crippen molar-refractivity contribution in [2.75, 3.05) is 13.1 Å². The minimum absolute atomic E-state index is 0.822. The first kappa shape index (κ1) is 9.47. The van der Waals surface area contributed by atoms with Gasteiger partial charge in [-0.05, 0) is 18.8 Å². The molecule has 1 saturated heterocycles. The third-order valence-corrected chi connectivity index (χ3v) is 3.27.